The van der Waals surface area contributed by atoms with Crippen LogP contribution < -0.4 is 10.1 Å². The molecule has 4 amide bonds. The number of nitrogens with zero attached hydrogens (tertiary/aromatic N) is 4. The van der Waals surface area contributed by atoms with Crippen LogP contribution >= 0.6 is 11.8 Å². The van der Waals surface area contributed by atoms with Crippen LogP contribution in [0.25, 0.3) is 10.9 Å². The van der Waals surface area contributed by atoms with Gasteiger partial charge in [-0.25, -0.2) is 9.78 Å². The quantitative estimate of drug-likeness (QED) is 0.357. The van der Waals surface area contributed by atoms with Gasteiger partial charge in [-0.1, -0.05) is 12.1 Å². The molecule has 2 N–H and O–H groups in total. The van der Waals surface area contributed by atoms with Crippen molar-refractivity contribution >= 4 is 52.4 Å². The maximum Gasteiger partial charge on any atom is 0.409 e. The van der Waals surface area contributed by atoms with Crippen LogP contribution in [0.4, 0.5) is 4.79 Å². The normalized spacial score (nSPS) is 17.3. The van der Waals surface area contributed by atoms with E-state index in [9.17, 15) is 29.1 Å². The molecule has 0 radical (unpaired) electrons. The van der Waals surface area contributed by atoms with Crippen LogP contribution in [0.5, 0.6) is 5.75 Å². The number of fused-ring (bicyclic) bond motifs is 1. The first kappa shape index (κ1) is 32.8. The number of hydrogen-bond acceptors (Lipinski definition) is 9. The number of benzene rings is 1. The highest BCUT2D eigenvalue weighted by Gasteiger charge is 2.32. The van der Waals surface area contributed by atoms with Crippen LogP contribution in [0.3, 0.4) is 0 Å². The lowest BCUT2D eigenvalue weighted by molar-refractivity contribution is -0.138. The second-order valence-electron chi connectivity index (χ2n) is 10.6. The van der Waals surface area contributed by atoms with E-state index in [0.717, 1.165) is 18.6 Å². The van der Waals surface area contributed by atoms with Gasteiger partial charge in [0.25, 0.3) is 11.8 Å². The summed E-state index contributed by atoms with van der Waals surface area (Å²) in [6, 6.07) is 7.54. The number of carbonyl (C=O) groups excluding carboxylic acids is 4. The molecule has 0 spiro atoms. The summed E-state index contributed by atoms with van der Waals surface area (Å²) in [7, 11) is 0. The van der Waals surface area contributed by atoms with E-state index >= 15 is 0 Å². The van der Waals surface area contributed by atoms with Gasteiger partial charge in [0.1, 0.15) is 17.5 Å². The number of carboxylic acid groups (broad SMARTS) is 1. The van der Waals surface area contributed by atoms with Gasteiger partial charge in [0.2, 0.25) is 5.91 Å². The fraction of sp³-hybridized carbons (Fsp3) is 0.533. The molecule has 1 aromatic carbocycles. The fourth-order valence-electron chi connectivity index (χ4n) is 5.43. The molecule has 14 heteroatoms. The number of pyridine rings is 1. The molecule has 3 heterocycles. The Balaban J connectivity index is 1.48. The third-order valence-corrected chi connectivity index (χ3v) is 8.40. The zero-order chi connectivity index (χ0) is 31.6. The molecule has 44 heavy (non-hydrogen) atoms. The number of aliphatic carboxylic acids is 1. The first-order valence-corrected chi connectivity index (χ1v) is 16.1. The number of rotatable bonds is 12. The summed E-state index contributed by atoms with van der Waals surface area (Å²) in [6.07, 6.45) is 2.99. The summed E-state index contributed by atoms with van der Waals surface area (Å²) in [5, 5.41) is 12.6. The SMILES string of the molecule is CCOC(=O)N1CCN(C(=O)[C@H](CCC(=O)O)NC(=O)c2cc(OCC(=O)N3CCCC3CSC)c3ccccc3n2)CC1. The first-order chi connectivity index (χ1) is 21.2. The van der Waals surface area contributed by atoms with Crippen LogP contribution in [0.15, 0.2) is 30.3 Å². The molecular weight excluding hydrogens is 590 g/mol. The summed E-state index contributed by atoms with van der Waals surface area (Å²) in [5.41, 5.74) is 0.431. The minimum atomic E-state index is -1.13. The third-order valence-electron chi connectivity index (χ3n) is 7.69. The smallest absolute Gasteiger partial charge is 0.409 e. The van der Waals surface area contributed by atoms with Gasteiger partial charge in [-0.05, 0) is 44.6 Å². The van der Waals surface area contributed by atoms with E-state index in [2.05, 4.69) is 10.3 Å². The molecule has 2 atom stereocenters. The Morgan fingerprint density at radius 1 is 1.09 bits per heavy atom. The Morgan fingerprint density at radius 3 is 2.52 bits per heavy atom. The highest BCUT2D eigenvalue weighted by molar-refractivity contribution is 7.98. The van der Waals surface area contributed by atoms with E-state index in [0.29, 0.717) is 23.2 Å². The van der Waals surface area contributed by atoms with Gasteiger partial charge in [0, 0.05) is 62.4 Å². The zero-order valence-corrected chi connectivity index (χ0v) is 25.8. The average molecular weight is 630 g/mol. The van der Waals surface area contributed by atoms with E-state index < -0.39 is 29.9 Å². The molecule has 2 aromatic rings. The summed E-state index contributed by atoms with van der Waals surface area (Å²) in [5.74, 6) is -1.20. The lowest BCUT2D eigenvalue weighted by atomic mass is 10.1. The van der Waals surface area contributed by atoms with Crippen molar-refractivity contribution < 1.29 is 38.6 Å². The van der Waals surface area contributed by atoms with E-state index in [-0.39, 0.29) is 69.9 Å². The summed E-state index contributed by atoms with van der Waals surface area (Å²) >= 11 is 1.70. The monoisotopic (exact) mass is 629 g/mol. The van der Waals surface area contributed by atoms with E-state index in [1.807, 2.05) is 11.2 Å². The third kappa shape index (κ3) is 8.30. The van der Waals surface area contributed by atoms with Crippen molar-refractivity contribution in [1.29, 1.82) is 0 Å². The molecule has 238 valence electrons. The zero-order valence-electron chi connectivity index (χ0n) is 25.0. The topological polar surface area (TPSA) is 159 Å². The summed E-state index contributed by atoms with van der Waals surface area (Å²) < 4.78 is 11.0. The maximum absolute atomic E-state index is 13.5. The van der Waals surface area contributed by atoms with E-state index in [1.54, 1.807) is 43.0 Å². The van der Waals surface area contributed by atoms with E-state index in [1.165, 1.54) is 15.9 Å². The summed E-state index contributed by atoms with van der Waals surface area (Å²) in [6.45, 7) is 3.38. The number of para-hydroxylation sites is 1. The molecule has 0 bridgehead atoms. The molecule has 2 fully saturated rings. The number of carboxylic acids is 1. The molecule has 2 aliphatic rings. The Kier molecular flexibility index (Phi) is 11.6. The number of ether oxygens (including phenoxy) is 2. The van der Waals surface area contributed by atoms with Crippen molar-refractivity contribution in [2.75, 3.05) is 57.9 Å². The van der Waals surface area contributed by atoms with Crippen molar-refractivity contribution in [2.24, 2.45) is 0 Å². The molecule has 0 saturated carbocycles. The fourth-order valence-corrected chi connectivity index (χ4v) is 6.16. The number of amides is 4. The number of thioether (sulfide) groups is 1. The Hall–Kier alpha value is -4.07. The molecular formula is C30H39N5O8S. The lowest BCUT2D eigenvalue weighted by Gasteiger charge is -2.35. The summed E-state index contributed by atoms with van der Waals surface area (Å²) in [4.78, 5) is 72.6. The van der Waals surface area contributed by atoms with E-state index in [4.69, 9.17) is 9.47 Å². The van der Waals surface area contributed by atoms with Gasteiger partial charge in [0.05, 0.1) is 12.1 Å². The lowest BCUT2D eigenvalue weighted by Crippen LogP contribution is -2.56. The average Bonchev–Trinajstić information content (AvgIpc) is 3.49. The molecule has 13 nitrogen and oxygen atoms in total. The number of piperazine rings is 1. The van der Waals surface area contributed by atoms with Crippen LogP contribution in [-0.2, 0) is 19.1 Å². The Bertz CT molecular complexity index is 1370. The molecule has 0 aliphatic carbocycles. The number of nitrogens with one attached hydrogen (secondary N) is 1. The molecule has 4 rings (SSSR count). The largest absolute Gasteiger partial charge is 0.483 e. The van der Waals surface area contributed by atoms with Crippen molar-refractivity contribution in [2.45, 2.75) is 44.7 Å². The van der Waals surface area contributed by atoms with Gasteiger partial charge in [-0.15, -0.1) is 0 Å². The highest BCUT2D eigenvalue weighted by atomic mass is 32.2. The molecule has 2 saturated heterocycles. The predicted octanol–water partition coefficient (Wildman–Crippen LogP) is 2.23. The molecule has 2 aliphatic heterocycles. The number of carbonyl (C=O) groups is 5. The van der Waals surface area contributed by atoms with Crippen LogP contribution in [0.2, 0.25) is 0 Å². The van der Waals surface area contributed by atoms with Crippen LogP contribution in [0.1, 0.15) is 43.1 Å². The number of hydrogen-bond donors (Lipinski definition) is 2. The minimum Gasteiger partial charge on any atom is -0.483 e. The number of aromatic nitrogens is 1. The predicted molar refractivity (Wildman–Crippen MR) is 164 cm³/mol. The van der Waals surface area contributed by atoms with Crippen molar-refractivity contribution in [1.82, 2.24) is 25.0 Å². The van der Waals surface area contributed by atoms with Crippen molar-refractivity contribution in [3.8, 4) is 5.75 Å². The molecule has 1 unspecified atom stereocenters. The first-order valence-electron chi connectivity index (χ1n) is 14.8. The van der Waals surface area contributed by atoms with Gasteiger partial charge < -0.3 is 34.6 Å². The Labute approximate surface area is 260 Å². The van der Waals surface area contributed by atoms with Gasteiger partial charge in [0.15, 0.2) is 6.61 Å². The second kappa shape index (κ2) is 15.6. The van der Waals surface area contributed by atoms with Crippen molar-refractivity contribution in [3.05, 3.63) is 36.0 Å². The van der Waals surface area contributed by atoms with Gasteiger partial charge in [-0.2, -0.15) is 11.8 Å². The minimum absolute atomic E-state index is 0.0344. The van der Waals surface area contributed by atoms with Crippen molar-refractivity contribution in [3.63, 3.8) is 0 Å². The standard InChI is InChI=1S/C30H39N5O8S/c1-3-42-30(41)34-15-13-33(14-16-34)29(40)23(10-11-27(37)38)32-28(39)24-17-25(21-8-4-5-9-22(21)31-24)43-18-26(36)35-12-6-7-20(35)19-44-2/h4-5,8-9,17,20,23H,3,6-7,10-16,18-19H2,1-2H3,(H,32,39)(H,37,38)/t20?,23-/m0/s1. The number of likely N-dealkylation sites (tertiary alicyclic amines) is 1. The van der Waals surface area contributed by atoms with Gasteiger partial charge in [-0.3, -0.25) is 19.2 Å². The maximum atomic E-state index is 13.5. The Morgan fingerprint density at radius 2 is 1.82 bits per heavy atom. The van der Waals surface area contributed by atoms with Crippen LogP contribution in [-0.4, -0.2) is 125 Å². The second-order valence-corrected chi connectivity index (χ2v) is 11.5. The van der Waals surface area contributed by atoms with Crippen LogP contribution in [0, 0.1) is 0 Å². The van der Waals surface area contributed by atoms with Gasteiger partial charge >= 0.3 is 12.1 Å². The highest BCUT2D eigenvalue weighted by Crippen LogP contribution is 2.27. The molecule has 1 aromatic heterocycles.